The molecule has 2 heteroatoms. The van der Waals surface area contributed by atoms with Crippen molar-refractivity contribution < 1.29 is 5.11 Å². The predicted molar refractivity (Wildman–Crippen MR) is 50.8 cm³/mol. The Morgan fingerprint density at radius 1 is 0.909 bits per heavy atom. The Labute approximate surface area is 71.0 Å². The van der Waals surface area contributed by atoms with Gasteiger partial charge in [0.15, 0.2) is 0 Å². The van der Waals surface area contributed by atoms with Gasteiger partial charge < -0.3 is 10.4 Å². The van der Waals surface area contributed by atoms with Gasteiger partial charge in [0.2, 0.25) is 0 Å². The number of aliphatic hydroxyl groups excluding tert-OH is 1. The molecule has 0 bridgehead atoms. The van der Waals surface area contributed by atoms with Crippen LogP contribution >= 0.6 is 0 Å². The van der Waals surface area contributed by atoms with Gasteiger partial charge in [0.25, 0.3) is 0 Å². The Bertz CT molecular complexity index is 42.8. The molecule has 0 heterocycles. The summed E-state index contributed by atoms with van der Waals surface area (Å²) in [6.45, 7) is 6.86. The minimum Gasteiger partial charge on any atom is -0.400 e. The largest absolute Gasteiger partial charge is 0.400 e. The van der Waals surface area contributed by atoms with Crippen molar-refractivity contribution in [3.63, 3.8) is 0 Å². The van der Waals surface area contributed by atoms with E-state index in [0.29, 0.717) is 0 Å². The molecule has 0 aromatic heterocycles. The first-order valence-electron chi connectivity index (χ1n) is 4.57. The van der Waals surface area contributed by atoms with E-state index < -0.39 is 0 Å². The predicted octanol–water partition coefficient (Wildman–Crippen LogP) is 1.78. The normalized spacial score (nSPS) is 8.73. The fourth-order valence-corrected chi connectivity index (χ4v) is 0.729. The molecule has 0 rings (SSSR count). The lowest BCUT2D eigenvalue weighted by Crippen LogP contribution is -2.15. The van der Waals surface area contributed by atoms with Gasteiger partial charge in [-0.1, -0.05) is 26.7 Å². The van der Waals surface area contributed by atoms with Crippen LogP contribution in [0.2, 0.25) is 0 Å². The van der Waals surface area contributed by atoms with E-state index in [9.17, 15) is 0 Å². The highest BCUT2D eigenvalue weighted by atomic mass is 16.2. The van der Waals surface area contributed by atoms with Crippen molar-refractivity contribution in [2.24, 2.45) is 0 Å². The van der Waals surface area contributed by atoms with Crippen LogP contribution in [-0.2, 0) is 0 Å². The second-order valence-electron chi connectivity index (χ2n) is 2.46. The highest BCUT2D eigenvalue weighted by molar-refractivity contribution is 4.45. The first-order chi connectivity index (χ1) is 5.41. The number of aliphatic hydroxyl groups is 1. The van der Waals surface area contributed by atoms with Gasteiger partial charge in [0.05, 0.1) is 0 Å². The summed E-state index contributed by atoms with van der Waals surface area (Å²) in [7, 11) is 1.00. The Kier molecular flexibility index (Phi) is 20.2. The van der Waals surface area contributed by atoms with Crippen LogP contribution in [0.15, 0.2) is 0 Å². The van der Waals surface area contributed by atoms with Crippen molar-refractivity contribution in [1.29, 1.82) is 0 Å². The van der Waals surface area contributed by atoms with E-state index in [2.05, 4.69) is 19.2 Å². The van der Waals surface area contributed by atoms with Crippen LogP contribution in [0, 0.1) is 0 Å². The molecule has 2 nitrogen and oxygen atoms in total. The minimum atomic E-state index is 1.00. The molecule has 0 saturated carbocycles. The quantitative estimate of drug-likeness (QED) is 0.582. The second-order valence-corrected chi connectivity index (χ2v) is 2.46. The van der Waals surface area contributed by atoms with Crippen molar-refractivity contribution in [1.82, 2.24) is 5.32 Å². The third kappa shape index (κ3) is 17.8. The number of hydrogen-bond acceptors (Lipinski definition) is 2. The van der Waals surface area contributed by atoms with E-state index in [-0.39, 0.29) is 0 Å². The molecule has 0 unspecified atom stereocenters. The zero-order valence-corrected chi connectivity index (χ0v) is 8.19. The number of rotatable bonds is 6. The standard InChI is InChI=1S/C8H19N.CH4O/c1-3-5-7-9-8-6-4-2;1-2/h9H,3-8H2,1-2H3;2H,1H3. The molecule has 0 aliphatic carbocycles. The SMILES string of the molecule is CCCCNCCCC.CO. The average Bonchev–Trinajstić information content (AvgIpc) is 2.08. The van der Waals surface area contributed by atoms with E-state index >= 15 is 0 Å². The van der Waals surface area contributed by atoms with E-state index in [1.807, 2.05) is 0 Å². The van der Waals surface area contributed by atoms with Gasteiger partial charge in [-0.05, 0) is 25.9 Å². The van der Waals surface area contributed by atoms with Crippen molar-refractivity contribution in [3.05, 3.63) is 0 Å². The van der Waals surface area contributed by atoms with Crippen LogP contribution in [0.5, 0.6) is 0 Å². The maximum Gasteiger partial charge on any atom is 0.0319 e. The molecule has 0 aliphatic rings. The lowest BCUT2D eigenvalue weighted by molar-refractivity contribution is 0.399. The first-order valence-corrected chi connectivity index (χ1v) is 4.57. The maximum absolute atomic E-state index is 7.00. The Balaban J connectivity index is 0. The zero-order valence-electron chi connectivity index (χ0n) is 8.19. The van der Waals surface area contributed by atoms with Gasteiger partial charge in [-0.3, -0.25) is 0 Å². The molecule has 0 aromatic carbocycles. The molecule has 0 aromatic rings. The Morgan fingerprint density at radius 2 is 1.27 bits per heavy atom. The second kappa shape index (κ2) is 16.5. The van der Waals surface area contributed by atoms with Crippen molar-refractivity contribution in [2.75, 3.05) is 20.2 Å². The lowest BCUT2D eigenvalue weighted by atomic mass is 10.3. The smallest absolute Gasteiger partial charge is 0.0319 e. The molecule has 0 amide bonds. The molecule has 2 N–H and O–H groups in total. The van der Waals surface area contributed by atoms with Gasteiger partial charge in [-0.2, -0.15) is 0 Å². The molecule has 0 radical (unpaired) electrons. The summed E-state index contributed by atoms with van der Waals surface area (Å²) in [5.74, 6) is 0. The lowest BCUT2D eigenvalue weighted by Gasteiger charge is -1.99. The third-order valence-corrected chi connectivity index (χ3v) is 1.41. The molecule has 0 atom stereocenters. The van der Waals surface area contributed by atoms with Crippen molar-refractivity contribution in [3.8, 4) is 0 Å². The summed E-state index contributed by atoms with van der Waals surface area (Å²) in [5, 5.41) is 10.4. The molecule has 0 fully saturated rings. The van der Waals surface area contributed by atoms with Gasteiger partial charge in [0, 0.05) is 7.11 Å². The van der Waals surface area contributed by atoms with Crippen LogP contribution in [0.25, 0.3) is 0 Å². The van der Waals surface area contributed by atoms with Crippen molar-refractivity contribution in [2.45, 2.75) is 39.5 Å². The van der Waals surface area contributed by atoms with Crippen molar-refractivity contribution >= 4 is 0 Å². The molecule has 0 spiro atoms. The molecule has 11 heavy (non-hydrogen) atoms. The van der Waals surface area contributed by atoms with Gasteiger partial charge in [-0.25, -0.2) is 0 Å². The molecule has 0 aliphatic heterocycles. The summed E-state index contributed by atoms with van der Waals surface area (Å²) < 4.78 is 0. The van der Waals surface area contributed by atoms with Gasteiger partial charge in [0.1, 0.15) is 0 Å². The molecule has 0 saturated heterocycles. The fraction of sp³-hybridized carbons (Fsp3) is 1.00. The first kappa shape index (κ1) is 13.5. The van der Waals surface area contributed by atoms with E-state index in [1.165, 1.54) is 38.8 Å². The van der Waals surface area contributed by atoms with Gasteiger partial charge in [-0.15, -0.1) is 0 Å². The monoisotopic (exact) mass is 161 g/mol. The number of nitrogens with one attached hydrogen (secondary N) is 1. The summed E-state index contributed by atoms with van der Waals surface area (Å²) in [6, 6.07) is 0. The van der Waals surface area contributed by atoms with Crippen LogP contribution in [0.1, 0.15) is 39.5 Å². The highest BCUT2D eigenvalue weighted by Crippen LogP contribution is 1.85. The zero-order chi connectivity index (χ0) is 8.95. The summed E-state index contributed by atoms with van der Waals surface area (Å²) in [6.07, 6.45) is 5.26. The molecular weight excluding hydrogens is 138 g/mol. The topological polar surface area (TPSA) is 32.3 Å². The highest BCUT2D eigenvalue weighted by Gasteiger charge is 1.83. The number of hydrogen-bond donors (Lipinski definition) is 2. The molecule has 70 valence electrons. The maximum atomic E-state index is 7.00. The van der Waals surface area contributed by atoms with Crippen LogP contribution < -0.4 is 5.32 Å². The van der Waals surface area contributed by atoms with E-state index in [0.717, 1.165) is 7.11 Å². The Hall–Kier alpha value is -0.0800. The molecular formula is C9H23NO. The van der Waals surface area contributed by atoms with Crippen LogP contribution in [-0.4, -0.2) is 25.3 Å². The number of unbranched alkanes of at least 4 members (excludes halogenated alkanes) is 2. The van der Waals surface area contributed by atoms with Gasteiger partial charge >= 0.3 is 0 Å². The minimum absolute atomic E-state index is 1.00. The third-order valence-electron chi connectivity index (χ3n) is 1.41. The average molecular weight is 161 g/mol. The summed E-state index contributed by atoms with van der Waals surface area (Å²) >= 11 is 0. The summed E-state index contributed by atoms with van der Waals surface area (Å²) in [4.78, 5) is 0. The van der Waals surface area contributed by atoms with E-state index in [4.69, 9.17) is 5.11 Å². The Morgan fingerprint density at radius 3 is 1.55 bits per heavy atom. The van der Waals surface area contributed by atoms with Crippen LogP contribution in [0.3, 0.4) is 0 Å². The van der Waals surface area contributed by atoms with Crippen LogP contribution in [0.4, 0.5) is 0 Å². The van der Waals surface area contributed by atoms with E-state index in [1.54, 1.807) is 0 Å². The fourth-order valence-electron chi connectivity index (χ4n) is 0.729. The summed E-state index contributed by atoms with van der Waals surface area (Å²) in [5.41, 5.74) is 0.